The van der Waals surface area contributed by atoms with Crippen LogP contribution in [-0.4, -0.2) is 9.97 Å². The van der Waals surface area contributed by atoms with Gasteiger partial charge in [-0.2, -0.15) is 0 Å². The van der Waals surface area contributed by atoms with Crippen molar-refractivity contribution >= 4 is 28.9 Å². The number of hydrogen-bond donors (Lipinski definition) is 3. The van der Waals surface area contributed by atoms with Gasteiger partial charge in [0, 0.05) is 22.7 Å². The van der Waals surface area contributed by atoms with Crippen LogP contribution in [0.25, 0.3) is 0 Å². The number of anilines is 3. The van der Waals surface area contributed by atoms with Crippen molar-refractivity contribution in [1.29, 1.82) is 0 Å². The van der Waals surface area contributed by atoms with E-state index < -0.39 is 0 Å². The average molecular weight is 290 g/mol. The summed E-state index contributed by atoms with van der Waals surface area (Å²) in [7, 11) is 0. The van der Waals surface area contributed by atoms with Crippen LogP contribution in [0.15, 0.2) is 24.3 Å². The first-order chi connectivity index (χ1) is 9.67. The van der Waals surface area contributed by atoms with Crippen LogP contribution < -0.4 is 16.6 Å². The van der Waals surface area contributed by atoms with Crippen molar-refractivity contribution in [3.63, 3.8) is 0 Å². The van der Waals surface area contributed by atoms with Crippen molar-refractivity contribution < 1.29 is 0 Å². The zero-order valence-corrected chi connectivity index (χ0v) is 11.9. The molecule has 0 saturated heterocycles. The largest absolute Gasteiger partial charge is 0.340 e. The second-order valence-corrected chi connectivity index (χ2v) is 5.36. The monoisotopic (exact) mass is 289 g/mol. The molecule has 6 heteroatoms. The molecule has 2 aromatic rings. The van der Waals surface area contributed by atoms with Gasteiger partial charge in [0.15, 0.2) is 0 Å². The highest BCUT2D eigenvalue weighted by Crippen LogP contribution is 2.39. The first-order valence-corrected chi connectivity index (χ1v) is 6.93. The Hall–Kier alpha value is -1.85. The molecule has 1 saturated carbocycles. The number of benzene rings is 1. The van der Waals surface area contributed by atoms with Gasteiger partial charge in [0.25, 0.3) is 0 Å². The summed E-state index contributed by atoms with van der Waals surface area (Å²) in [6, 6.07) is 7.52. The zero-order chi connectivity index (χ0) is 14.1. The molecule has 1 heterocycles. The first-order valence-electron chi connectivity index (χ1n) is 6.55. The normalized spacial score (nSPS) is 14.2. The van der Waals surface area contributed by atoms with Gasteiger partial charge in [0.2, 0.25) is 0 Å². The van der Waals surface area contributed by atoms with Gasteiger partial charge in [0.1, 0.15) is 17.5 Å². The highest BCUT2D eigenvalue weighted by molar-refractivity contribution is 6.31. The van der Waals surface area contributed by atoms with Crippen molar-refractivity contribution in [3.05, 3.63) is 40.7 Å². The van der Waals surface area contributed by atoms with E-state index in [4.69, 9.17) is 17.4 Å². The second kappa shape index (κ2) is 5.26. The summed E-state index contributed by atoms with van der Waals surface area (Å²) < 4.78 is 0. The molecule has 1 aromatic carbocycles. The molecule has 1 aliphatic carbocycles. The van der Waals surface area contributed by atoms with Gasteiger partial charge in [-0.15, -0.1) is 0 Å². The number of halogens is 1. The number of nitrogens with zero attached hydrogens (tertiary/aromatic N) is 2. The van der Waals surface area contributed by atoms with Crippen LogP contribution in [0.1, 0.15) is 30.1 Å². The van der Waals surface area contributed by atoms with Crippen LogP contribution in [-0.2, 0) is 0 Å². The number of hydrazine groups is 1. The topological polar surface area (TPSA) is 75.9 Å². The number of rotatable bonds is 4. The van der Waals surface area contributed by atoms with Gasteiger partial charge in [-0.05, 0) is 37.5 Å². The molecule has 0 amide bonds. The zero-order valence-electron chi connectivity index (χ0n) is 11.2. The fourth-order valence-corrected chi connectivity index (χ4v) is 2.18. The van der Waals surface area contributed by atoms with Crippen LogP contribution in [0, 0.1) is 6.92 Å². The van der Waals surface area contributed by atoms with E-state index in [1.165, 1.54) is 0 Å². The van der Waals surface area contributed by atoms with Gasteiger partial charge in [-0.1, -0.05) is 17.7 Å². The Morgan fingerprint density at radius 3 is 2.70 bits per heavy atom. The van der Waals surface area contributed by atoms with Crippen LogP contribution >= 0.6 is 11.6 Å². The standard InChI is InChI=1S/C14H16ClN5/c1-8-10(15)3-2-4-11(8)17-12-7-13(20-16)19-14(18-12)9-5-6-9/h2-4,7,9H,5-6,16H2,1H3,(H2,17,18,19,20). The van der Waals surface area contributed by atoms with Crippen LogP contribution in [0.2, 0.25) is 5.02 Å². The molecule has 0 spiro atoms. The second-order valence-electron chi connectivity index (χ2n) is 4.95. The molecule has 0 atom stereocenters. The minimum atomic E-state index is 0.462. The summed E-state index contributed by atoms with van der Waals surface area (Å²) in [6.07, 6.45) is 2.29. The third kappa shape index (κ3) is 2.69. The van der Waals surface area contributed by atoms with Gasteiger partial charge < -0.3 is 10.7 Å². The predicted octanol–water partition coefficient (Wildman–Crippen LogP) is 3.35. The average Bonchev–Trinajstić information content (AvgIpc) is 3.28. The number of hydrogen-bond acceptors (Lipinski definition) is 5. The highest BCUT2D eigenvalue weighted by atomic mass is 35.5. The summed E-state index contributed by atoms with van der Waals surface area (Å²) in [5.74, 6) is 8.10. The summed E-state index contributed by atoms with van der Waals surface area (Å²) >= 11 is 6.13. The lowest BCUT2D eigenvalue weighted by molar-refractivity contribution is 0.929. The first kappa shape index (κ1) is 13.1. The third-order valence-electron chi connectivity index (χ3n) is 3.36. The van der Waals surface area contributed by atoms with Crippen LogP contribution in [0.3, 0.4) is 0 Å². The maximum absolute atomic E-state index is 6.13. The summed E-state index contributed by atoms with van der Waals surface area (Å²) in [4.78, 5) is 8.93. The Labute approximate surface area is 122 Å². The van der Waals surface area contributed by atoms with Gasteiger partial charge in [-0.25, -0.2) is 15.8 Å². The number of nitrogens with two attached hydrogens (primary N) is 1. The molecule has 3 rings (SSSR count). The van der Waals surface area contributed by atoms with E-state index >= 15 is 0 Å². The number of nitrogen functional groups attached to an aromatic ring is 1. The fraction of sp³-hybridized carbons (Fsp3) is 0.286. The number of aromatic nitrogens is 2. The molecular weight excluding hydrogens is 274 g/mol. The van der Waals surface area contributed by atoms with Crippen LogP contribution in [0.4, 0.5) is 17.3 Å². The summed E-state index contributed by atoms with van der Waals surface area (Å²) in [5, 5.41) is 4.01. The Balaban J connectivity index is 1.93. The molecule has 0 radical (unpaired) electrons. The lowest BCUT2D eigenvalue weighted by Crippen LogP contribution is -2.11. The van der Waals surface area contributed by atoms with Gasteiger partial charge in [-0.3, -0.25) is 0 Å². The molecule has 5 nitrogen and oxygen atoms in total. The molecule has 1 aliphatic rings. The predicted molar refractivity (Wildman–Crippen MR) is 81.3 cm³/mol. The van der Waals surface area contributed by atoms with E-state index in [2.05, 4.69) is 20.7 Å². The summed E-state index contributed by atoms with van der Waals surface area (Å²) in [6.45, 7) is 1.97. The molecule has 20 heavy (non-hydrogen) atoms. The van der Waals surface area contributed by atoms with Crippen molar-refractivity contribution in [2.45, 2.75) is 25.7 Å². The van der Waals surface area contributed by atoms with E-state index in [9.17, 15) is 0 Å². The van der Waals surface area contributed by atoms with Gasteiger partial charge in [0.05, 0.1) is 0 Å². The molecule has 0 unspecified atom stereocenters. The van der Waals surface area contributed by atoms with Crippen molar-refractivity contribution in [1.82, 2.24) is 9.97 Å². The molecule has 4 N–H and O–H groups in total. The van der Waals surface area contributed by atoms with Crippen molar-refractivity contribution in [2.24, 2.45) is 5.84 Å². The number of nitrogens with one attached hydrogen (secondary N) is 2. The molecule has 1 aromatic heterocycles. The molecule has 1 fully saturated rings. The van der Waals surface area contributed by atoms with E-state index in [1.807, 2.05) is 25.1 Å². The SMILES string of the molecule is Cc1c(Cl)cccc1Nc1cc(NN)nc(C2CC2)n1. The highest BCUT2D eigenvalue weighted by Gasteiger charge is 2.27. The van der Waals surface area contributed by atoms with Crippen molar-refractivity contribution in [2.75, 3.05) is 10.7 Å². The fourth-order valence-electron chi connectivity index (χ4n) is 2.01. The lowest BCUT2D eigenvalue weighted by Gasteiger charge is -2.12. The van der Waals surface area contributed by atoms with E-state index in [0.717, 1.165) is 40.8 Å². The van der Waals surface area contributed by atoms with Crippen LogP contribution in [0.5, 0.6) is 0 Å². The quantitative estimate of drug-likeness (QED) is 0.594. The maximum atomic E-state index is 6.13. The Morgan fingerprint density at radius 1 is 1.25 bits per heavy atom. The molecular formula is C14H16ClN5. The Morgan fingerprint density at radius 2 is 2.00 bits per heavy atom. The van der Waals surface area contributed by atoms with Crippen molar-refractivity contribution in [3.8, 4) is 0 Å². The van der Waals surface area contributed by atoms with E-state index in [1.54, 1.807) is 6.07 Å². The maximum Gasteiger partial charge on any atom is 0.145 e. The Kier molecular flexibility index (Phi) is 3.46. The van der Waals surface area contributed by atoms with Gasteiger partial charge >= 0.3 is 0 Å². The molecule has 104 valence electrons. The Bertz CT molecular complexity index is 639. The molecule has 0 bridgehead atoms. The smallest absolute Gasteiger partial charge is 0.145 e. The minimum absolute atomic E-state index is 0.462. The van der Waals surface area contributed by atoms with E-state index in [0.29, 0.717) is 11.7 Å². The van der Waals surface area contributed by atoms with E-state index in [-0.39, 0.29) is 0 Å². The lowest BCUT2D eigenvalue weighted by atomic mass is 10.2. The summed E-state index contributed by atoms with van der Waals surface area (Å²) in [5.41, 5.74) is 4.51. The third-order valence-corrected chi connectivity index (χ3v) is 3.77. The minimum Gasteiger partial charge on any atom is -0.340 e. The molecule has 0 aliphatic heterocycles.